The number of nitrogens with zero attached hydrogens (tertiary/aromatic N) is 1. The summed E-state index contributed by atoms with van der Waals surface area (Å²) in [6, 6.07) is 8.32. The van der Waals surface area contributed by atoms with E-state index in [4.69, 9.17) is 10.8 Å². The molecular weight excluding hydrogens is 388 g/mol. The monoisotopic (exact) mass is 436 g/mol. The van der Waals surface area contributed by atoms with Crippen LogP contribution < -0.4 is 10.8 Å². The van der Waals surface area contributed by atoms with Gasteiger partial charge in [-0.2, -0.15) is 0 Å². The molecule has 0 unspecified atom stereocenters. The minimum Gasteiger partial charge on any atom is -0.547 e. The first-order valence-electron chi connectivity index (χ1n) is 12.4. The van der Waals surface area contributed by atoms with Crippen LogP contribution in [0.15, 0.2) is 30.3 Å². The first-order valence-corrected chi connectivity index (χ1v) is 12.4. The standard InChI is InChI=1S/C16H36N.C10H13NO3/c1-5-9-13-17(14-10-6-2,15-11-7-3)16-12-8-4;11-8(9(12)10(13)14)6-7-4-2-1-3-5-7/h5-16H2,1-4H3;1-5,8-9,12H,6,11H2,(H,13,14)/q+1;/p-1/t;8-,9+/m.0/s1. The van der Waals surface area contributed by atoms with Crippen LogP contribution in [0.1, 0.15) is 84.6 Å². The molecule has 0 aliphatic carbocycles. The first kappa shape index (κ1) is 29.6. The molecule has 0 amide bonds. The largest absolute Gasteiger partial charge is 0.547 e. The first-order chi connectivity index (χ1) is 14.9. The smallest absolute Gasteiger partial charge is 0.109 e. The molecule has 2 atom stereocenters. The fourth-order valence-electron chi connectivity index (χ4n) is 3.82. The lowest BCUT2D eigenvalue weighted by Crippen LogP contribution is -2.50. The average Bonchev–Trinajstić information content (AvgIpc) is 2.78. The molecule has 0 bridgehead atoms. The van der Waals surface area contributed by atoms with Gasteiger partial charge >= 0.3 is 0 Å². The van der Waals surface area contributed by atoms with Crippen molar-refractivity contribution in [2.24, 2.45) is 5.73 Å². The van der Waals surface area contributed by atoms with Crippen molar-refractivity contribution in [1.82, 2.24) is 0 Å². The van der Waals surface area contributed by atoms with Crippen molar-refractivity contribution < 1.29 is 19.5 Å². The molecule has 1 aromatic rings. The van der Waals surface area contributed by atoms with Crippen LogP contribution in [0.5, 0.6) is 0 Å². The Labute approximate surface area is 191 Å². The van der Waals surface area contributed by atoms with Crippen molar-refractivity contribution in [1.29, 1.82) is 0 Å². The zero-order valence-corrected chi connectivity index (χ0v) is 20.5. The van der Waals surface area contributed by atoms with Crippen molar-refractivity contribution in [3.05, 3.63) is 35.9 Å². The van der Waals surface area contributed by atoms with Crippen molar-refractivity contribution in [3.63, 3.8) is 0 Å². The number of rotatable bonds is 16. The Balaban J connectivity index is 0.000000590. The van der Waals surface area contributed by atoms with Crippen LogP contribution in [-0.4, -0.2) is 53.9 Å². The zero-order valence-electron chi connectivity index (χ0n) is 20.5. The summed E-state index contributed by atoms with van der Waals surface area (Å²) in [5, 5.41) is 19.4. The normalized spacial score (nSPS) is 13.2. The van der Waals surface area contributed by atoms with Gasteiger partial charge in [0.15, 0.2) is 0 Å². The van der Waals surface area contributed by atoms with Gasteiger partial charge in [0, 0.05) is 6.04 Å². The van der Waals surface area contributed by atoms with E-state index in [9.17, 15) is 9.90 Å². The van der Waals surface area contributed by atoms with Gasteiger partial charge in [0.2, 0.25) is 0 Å². The Hall–Kier alpha value is -1.43. The Bertz CT molecular complexity index is 513. The van der Waals surface area contributed by atoms with Crippen molar-refractivity contribution in [2.45, 2.75) is 97.6 Å². The van der Waals surface area contributed by atoms with Gasteiger partial charge in [-0.15, -0.1) is 0 Å². The quantitative estimate of drug-likeness (QED) is 0.387. The molecule has 1 aromatic carbocycles. The number of benzene rings is 1. The summed E-state index contributed by atoms with van der Waals surface area (Å²) in [4.78, 5) is 10.3. The number of carboxylic acids is 1. The van der Waals surface area contributed by atoms with Gasteiger partial charge in [-0.3, -0.25) is 0 Å². The number of aliphatic hydroxyl groups is 1. The van der Waals surface area contributed by atoms with E-state index in [0.717, 1.165) is 5.56 Å². The minimum absolute atomic E-state index is 0.315. The van der Waals surface area contributed by atoms with Crippen molar-refractivity contribution in [3.8, 4) is 0 Å². The van der Waals surface area contributed by atoms with Crippen LogP contribution in [0.3, 0.4) is 0 Å². The number of carboxylic acid groups (broad SMARTS) is 1. The molecule has 3 N–H and O–H groups in total. The third kappa shape index (κ3) is 13.6. The highest BCUT2D eigenvalue weighted by molar-refractivity contribution is 5.70. The number of nitrogens with two attached hydrogens (primary N) is 1. The minimum atomic E-state index is -1.62. The third-order valence-corrected chi connectivity index (χ3v) is 5.91. The second-order valence-electron chi connectivity index (χ2n) is 8.77. The topological polar surface area (TPSA) is 86.4 Å². The highest BCUT2D eigenvalue weighted by atomic mass is 16.4. The molecule has 0 saturated heterocycles. The molecule has 0 aromatic heterocycles. The molecule has 180 valence electrons. The van der Waals surface area contributed by atoms with Crippen LogP contribution >= 0.6 is 0 Å². The third-order valence-electron chi connectivity index (χ3n) is 5.91. The molecule has 0 aliphatic rings. The van der Waals surface area contributed by atoms with Gasteiger partial charge in [0.25, 0.3) is 0 Å². The summed E-state index contributed by atoms with van der Waals surface area (Å²) in [7, 11) is 0. The lowest BCUT2D eigenvalue weighted by molar-refractivity contribution is -0.929. The van der Waals surface area contributed by atoms with Gasteiger partial charge in [-0.05, 0) is 37.7 Å². The molecular formula is C26H48N2O3. The molecule has 0 spiro atoms. The van der Waals surface area contributed by atoms with Crippen molar-refractivity contribution >= 4 is 5.97 Å². The predicted octanol–water partition coefficient (Wildman–Crippen LogP) is 3.67. The summed E-state index contributed by atoms with van der Waals surface area (Å²) in [6.07, 6.45) is 9.76. The molecule has 0 saturated carbocycles. The lowest BCUT2D eigenvalue weighted by Gasteiger charge is -2.39. The zero-order chi connectivity index (χ0) is 23.5. The van der Waals surface area contributed by atoms with E-state index in [-0.39, 0.29) is 0 Å². The van der Waals surface area contributed by atoms with E-state index >= 15 is 0 Å². The van der Waals surface area contributed by atoms with Crippen LogP contribution in [-0.2, 0) is 11.2 Å². The van der Waals surface area contributed by atoms with Crippen LogP contribution in [0.4, 0.5) is 0 Å². The van der Waals surface area contributed by atoms with Crippen LogP contribution in [0, 0.1) is 0 Å². The molecule has 5 nitrogen and oxygen atoms in total. The Morgan fingerprint density at radius 2 is 1.26 bits per heavy atom. The number of quaternary nitrogens is 1. The molecule has 0 aliphatic heterocycles. The van der Waals surface area contributed by atoms with E-state index in [2.05, 4.69) is 27.7 Å². The highest BCUT2D eigenvalue weighted by Gasteiger charge is 2.24. The van der Waals surface area contributed by atoms with E-state index in [1.54, 1.807) is 0 Å². The number of aliphatic hydroxyl groups excluding tert-OH is 1. The summed E-state index contributed by atoms with van der Waals surface area (Å²) >= 11 is 0. The fraction of sp³-hybridized carbons (Fsp3) is 0.731. The second kappa shape index (κ2) is 18.2. The van der Waals surface area contributed by atoms with E-state index in [0.29, 0.717) is 6.42 Å². The molecule has 1 rings (SSSR count). The molecule has 0 radical (unpaired) electrons. The second-order valence-corrected chi connectivity index (χ2v) is 8.77. The molecule has 0 fully saturated rings. The maximum atomic E-state index is 10.3. The van der Waals surface area contributed by atoms with Gasteiger partial charge in [-0.25, -0.2) is 0 Å². The van der Waals surface area contributed by atoms with Gasteiger partial charge in [0.05, 0.1) is 32.1 Å². The molecule has 0 heterocycles. The van der Waals surface area contributed by atoms with Crippen LogP contribution in [0.25, 0.3) is 0 Å². The maximum Gasteiger partial charge on any atom is 0.109 e. The van der Waals surface area contributed by atoms with Gasteiger partial charge in [0.1, 0.15) is 6.10 Å². The Kier molecular flexibility index (Phi) is 17.3. The number of hydrogen-bond acceptors (Lipinski definition) is 4. The van der Waals surface area contributed by atoms with Gasteiger partial charge < -0.3 is 25.2 Å². The van der Waals surface area contributed by atoms with Gasteiger partial charge in [-0.1, -0.05) is 83.7 Å². The van der Waals surface area contributed by atoms with E-state index < -0.39 is 18.1 Å². The number of carbonyl (C=O) groups is 1. The number of hydrogen-bond donors (Lipinski definition) is 2. The lowest BCUT2D eigenvalue weighted by atomic mass is 10.0. The SMILES string of the molecule is CCCC[N+](CCCC)(CCCC)CCCC.N[C@@H](Cc1ccccc1)[C@@H](O)C(=O)[O-]. The summed E-state index contributed by atoms with van der Waals surface area (Å²) < 4.78 is 1.42. The maximum absolute atomic E-state index is 10.3. The number of aliphatic carboxylic acids is 1. The summed E-state index contributed by atoms with van der Waals surface area (Å²) in [6.45, 7) is 15.0. The molecule has 5 heteroatoms. The Morgan fingerprint density at radius 3 is 1.58 bits per heavy atom. The number of carbonyl (C=O) groups excluding carboxylic acids is 1. The van der Waals surface area contributed by atoms with E-state index in [1.165, 1.54) is 82.0 Å². The van der Waals surface area contributed by atoms with Crippen molar-refractivity contribution in [2.75, 3.05) is 26.2 Å². The Morgan fingerprint density at radius 1 is 0.871 bits per heavy atom. The summed E-state index contributed by atoms with van der Waals surface area (Å²) in [5.41, 5.74) is 6.37. The number of unbranched alkanes of at least 4 members (excludes halogenated alkanes) is 4. The van der Waals surface area contributed by atoms with Crippen LogP contribution in [0.2, 0.25) is 0 Å². The average molecular weight is 437 g/mol. The summed E-state index contributed by atoms with van der Waals surface area (Å²) in [5.74, 6) is -1.53. The van der Waals surface area contributed by atoms with E-state index in [1.807, 2.05) is 30.3 Å². The highest BCUT2D eigenvalue weighted by Crippen LogP contribution is 2.16. The molecule has 31 heavy (non-hydrogen) atoms. The fourth-order valence-corrected chi connectivity index (χ4v) is 3.82. The predicted molar refractivity (Wildman–Crippen MR) is 128 cm³/mol.